The van der Waals surface area contributed by atoms with E-state index in [1.165, 1.54) is 10.9 Å². The molecule has 0 atom stereocenters. The van der Waals surface area contributed by atoms with Crippen molar-refractivity contribution in [2.24, 2.45) is 0 Å². The van der Waals surface area contributed by atoms with Crippen LogP contribution in [0.25, 0.3) is 32.9 Å². The van der Waals surface area contributed by atoms with Gasteiger partial charge in [-0.25, -0.2) is 0 Å². The summed E-state index contributed by atoms with van der Waals surface area (Å²) in [5, 5.41) is 9.47. The highest BCUT2D eigenvalue weighted by Crippen LogP contribution is 2.41. The highest BCUT2D eigenvalue weighted by Gasteiger charge is 2.25. The summed E-state index contributed by atoms with van der Waals surface area (Å²) in [4.78, 5) is 34.2. The van der Waals surface area contributed by atoms with Crippen LogP contribution in [0.3, 0.4) is 0 Å². The highest BCUT2D eigenvalue weighted by molar-refractivity contribution is 6.35. The van der Waals surface area contributed by atoms with Gasteiger partial charge in [0.05, 0.1) is 17.3 Å². The Kier molecular flexibility index (Phi) is 8.24. The van der Waals surface area contributed by atoms with Crippen LogP contribution in [0.5, 0.6) is 0 Å². The van der Waals surface area contributed by atoms with Gasteiger partial charge in [0, 0.05) is 63.3 Å². The normalized spacial score (nSPS) is 14.5. The number of nitrogens with one attached hydrogen (secondary N) is 4. The van der Waals surface area contributed by atoms with E-state index in [2.05, 4.69) is 31.7 Å². The Hall–Kier alpha value is -3.78. The first-order valence-corrected chi connectivity index (χ1v) is 15.1. The maximum atomic E-state index is 13.4. The fraction of sp³-hybridized carbons (Fsp3) is 0.273. The average Bonchev–Trinajstić information content (AvgIpc) is 3.61. The molecule has 1 saturated heterocycles. The van der Waals surface area contributed by atoms with E-state index < -0.39 is 0 Å². The number of para-hydroxylation sites is 1. The summed E-state index contributed by atoms with van der Waals surface area (Å²) in [7, 11) is 0. The molecule has 0 spiro atoms. The number of benzene rings is 3. The number of carbonyl (C=O) groups is 2. The van der Waals surface area contributed by atoms with Crippen LogP contribution in [0.2, 0.25) is 10.0 Å². The maximum Gasteiger partial charge on any atom is 0.238 e. The number of H-pyrrole nitrogens is 2. The minimum atomic E-state index is -0.0866. The fourth-order valence-corrected chi connectivity index (χ4v) is 6.47. The van der Waals surface area contributed by atoms with E-state index in [4.69, 9.17) is 23.2 Å². The number of rotatable bonds is 8. The van der Waals surface area contributed by atoms with Crippen LogP contribution in [0.15, 0.2) is 67.0 Å². The van der Waals surface area contributed by atoms with Crippen LogP contribution in [-0.2, 0) is 16.1 Å². The fourth-order valence-electron chi connectivity index (χ4n) is 5.97. The molecule has 3 aromatic carbocycles. The minimum Gasteiger partial charge on any atom is -0.361 e. The third-order valence-corrected chi connectivity index (χ3v) is 8.89. The van der Waals surface area contributed by atoms with Gasteiger partial charge in [0.1, 0.15) is 0 Å². The van der Waals surface area contributed by atoms with E-state index in [0.717, 1.165) is 64.1 Å². The number of hydrogen-bond donors (Lipinski definition) is 4. The summed E-state index contributed by atoms with van der Waals surface area (Å²) in [6, 6.07) is 17.7. The van der Waals surface area contributed by atoms with Crippen LogP contribution in [-0.4, -0.2) is 46.3 Å². The molecule has 0 aliphatic carbocycles. The van der Waals surface area contributed by atoms with E-state index in [0.29, 0.717) is 36.1 Å². The highest BCUT2D eigenvalue weighted by atomic mass is 35.5. The molecule has 1 fully saturated rings. The van der Waals surface area contributed by atoms with Gasteiger partial charge in [-0.1, -0.05) is 54.4 Å². The summed E-state index contributed by atoms with van der Waals surface area (Å²) >= 11 is 13.3. The molecule has 0 saturated carbocycles. The molecule has 1 aliphatic rings. The van der Waals surface area contributed by atoms with Crippen molar-refractivity contribution in [1.82, 2.24) is 20.2 Å². The molecule has 0 unspecified atom stereocenters. The zero-order chi connectivity index (χ0) is 29.2. The Bertz CT molecular complexity index is 1770. The Labute approximate surface area is 254 Å². The monoisotopic (exact) mass is 601 g/mol. The molecule has 1 aliphatic heterocycles. The van der Waals surface area contributed by atoms with E-state index in [1.807, 2.05) is 67.7 Å². The standard InChI is InChI=1S/C33H33Cl2N5O2/c1-2-30(41)38-16-21-7-9-29(32(33(21)35)26-18-37-27-6-4-3-5-23(26)27)39-31(42)19-40-13-11-20(12-14-40)25-17-36-28-10-8-22(34)15-24(25)28/h3-10,15,17-18,20,36-37H,2,11-14,16,19H2,1H3,(H,38,41)(H,39,42). The van der Waals surface area contributed by atoms with Gasteiger partial charge < -0.3 is 20.6 Å². The van der Waals surface area contributed by atoms with Gasteiger partial charge in [0.2, 0.25) is 11.8 Å². The third kappa shape index (κ3) is 5.77. The summed E-state index contributed by atoms with van der Waals surface area (Å²) in [6.07, 6.45) is 6.35. The van der Waals surface area contributed by atoms with Gasteiger partial charge in [-0.2, -0.15) is 0 Å². The van der Waals surface area contributed by atoms with Crippen molar-refractivity contribution < 1.29 is 9.59 Å². The van der Waals surface area contributed by atoms with E-state index >= 15 is 0 Å². The van der Waals surface area contributed by atoms with Crippen molar-refractivity contribution in [3.8, 4) is 11.1 Å². The first-order chi connectivity index (χ1) is 20.4. The predicted octanol–water partition coefficient (Wildman–Crippen LogP) is 7.47. The number of anilines is 1. The quantitative estimate of drug-likeness (QED) is 0.149. The summed E-state index contributed by atoms with van der Waals surface area (Å²) in [6.45, 7) is 4.08. The summed E-state index contributed by atoms with van der Waals surface area (Å²) in [5.74, 6) is 0.287. The number of halogens is 2. The molecule has 3 heterocycles. The average molecular weight is 603 g/mol. The summed E-state index contributed by atoms with van der Waals surface area (Å²) < 4.78 is 0. The van der Waals surface area contributed by atoms with Crippen molar-refractivity contribution in [2.45, 2.75) is 38.6 Å². The Morgan fingerprint density at radius 1 is 0.929 bits per heavy atom. The lowest BCUT2D eigenvalue weighted by Crippen LogP contribution is -2.38. The number of aromatic amines is 2. The van der Waals surface area contributed by atoms with Crippen LogP contribution in [0.1, 0.15) is 43.2 Å². The van der Waals surface area contributed by atoms with Gasteiger partial charge >= 0.3 is 0 Å². The third-order valence-electron chi connectivity index (χ3n) is 8.22. The van der Waals surface area contributed by atoms with Crippen LogP contribution >= 0.6 is 23.2 Å². The number of piperidine rings is 1. The van der Waals surface area contributed by atoms with E-state index in [-0.39, 0.29) is 11.8 Å². The van der Waals surface area contributed by atoms with Crippen molar-refractivity contribution in [2.75, 3.05) is 25.0 Å². The number of carbonyl (C=O) groups excluding carboxylic acids is 2. The molecule has 42 heavy (non-hydrogen) atoms. The van der Waals surface area contributed by atoms with Gasteiger partial charge in [-0.3, -0.25) is 14.5 Å². The first kappa shape index (κ1) is 28.3. The number of aromatic nitrogens is 2. The van der Waals surface area contributed by atoms with Crippen molar-refractivity contribution in [3.05, 3.63) is 88.2 Å². The zero-order valence-electron chi connectivity index (χ0n) is 23.4. The molecule has 4 N–H and O–H groups in total. The second kappa shape index (κ2) is 12.2. The number of nitrogens with zero attached hydrogens (tertiary/aromatic N) is 1. The number of fused-ring (bicyclic) bond motifs is 2. The molecular weight excluding hydrogens is 569 g/mol. The number of amides is 2. The van der Waals surface area contributed by atoms with E-state index in [1.54, 1.807) is 0 Å². The van der Waals surface area contributed by atoms with E-state index in [9.17, 15) is 9.59 Å². The number of likely N-dealkylation sites (tertiary alicyclic amines) is 1. The Balaban J connectivity index is 1.18. The van der Waals surface area contributed by atoms with Gasteiger partial charge in [0.25, 0.3) is 0 Å². The SMILES string of the molecule is CCC(=O)NCc1ccc(NC(=O)CN2CCC(c3c[nH]c4ccc(Cl)cc34)CC2)c(-c2c[nH]c3ccccc23)c1Cl. The molecule has 216 valence electrons. The van der Waals surface area contributed by atoms with Gasteiger partial charge in [-0.05, 0) is 73.3 Å². The lowest BCUT2D eigenvalue weighted by molar-refractivity contribution is -0.121. The molecule has 7 nitrogen and oxygen atoms in total. The molecule has 6 rings (SSSR count). The van der Waals surface area contributed by atoms with Crippen molar-refractivity contribution in [1.29, 1.82) is 0 Å². The van der Waals surface area contributed by atoms with Gasteiger partial charge in [0.15, 0.2) is 0 Å². The van der Waals surface area contributed by atoms with Crippen LogP contribution in [0, 0.1) is 0 Å². The second-order valence-electron chi connectivity index (χ2n) is 10.9. The van der Waals surface area contributed by atoms with Crippen LogP contribution in [0.4, 0.5) is 5.69 Å². The van der Waals surface area contributed by atoms with Crippen molar-refractivity contribution >= 4 is 62.5 Å². The molecule has 2 amide bonds. The lowest BCUT2D eigenvalue weighted by atomic mass is 9.89. The molecule has 9 heteroatoms. The topological polar surface area (TPSA) is 93.0 Å². The first-order valence-electron chi connectivity index (χ1n) is 14.3. The predicted molar refractivity (Wildman–Crippen MR) is 171 cm³/mol. The van der Waals surface area contributed by atoms with Crippen LogP contribution < -0.4 is 10.6 Å². The summed E-state index contributed by atoms with van der Waals surface area (Å²) in [5.41, 5.74) is 6.44. The van der Waals surface area contributed by atoms with Gasteiger partial charge in [-0.15, -0.1) is 0 Å². The largest absolute Gasteiger partial charge is 0.361 e. The molecule has 0 radical (unpaired) electrons. The second-order valence-corrected chi connectivity index (χ2v) is 11.7. The smallest absolute Gasteiger partial charge is 0.238 e. The molecule has 0 bridgehead atoms. The number of hydrogen-bond acceptors (Lipinski definition) is 3. The Morgan fingerprint density at radius 3 is 2.50 bits per heavy atom. The molecular formula is C33H33Cl2N5O2. The zero-order valence-corrected chi connectivity index (χ0v) is 24.9. The maximum absolute atomic E-state index is 13.4. The molecule has 2 aromatic heterocycles. The Morgan fingerprint density at radius 2 is 1.69 bits per heavy atom. The lowest BCUT2D eigenvalue weighted by Gasteiger charge is -2.31. The van der Waals surface area contributed by atoms with Crippen molar-refractivity contribution in [3.63, 3.8) is 0 Å². The minimum absolute atomic E-state index is 0.0469. The molecule has 5 aromatic rings.